The monoisotopic (exact) mass is 213 g/mol. The molecule has 1 saturated heterocycles. The predicted octanol–water partition coefficient (Wildman–Crippen LogP) is 1.74. The van der Waals surface area contributed by atoms with Crippen molar-refractivity contribution < 1.29 is 9.47 Å². The fraction of sp³-hybridized carbons (Fsp3) is 0.833. The highest BCUT2D eigenvalue weighted by Crippen LogP contribution is 2.15. The first-order chi connectivity index (χ1) is 7.03. The molecule has 1 aliphatic rings. The van der Waals surface area contributed by atoms with E-state index in [2.05, 4.69) is 32.7 Å². The van der Waals surface area contributed by atoms with Gasteiger partial charge in [0.05, 0.1) is 24.9 Å². The molecule has 0 saturated carbocycles. The first-order valence-electron chi connectivity index (χ1n) is 5.66. The summed E-state index contributed by atoms with van der Waals surface area (Å²) in [5.41, 5.74) is 1.06. The molecule has 0 aromatic rings. The molecule has 0 radical (unpaired) electrons. The average Bonchev–Trinajstić information content (AvgIpc) is 2.16. The molecule has 0 spiro atoms. The summed E-state index contributed by atoms with van der Waals surface area (Å²) >= 11 is 0. The SMILES string of the molecule is C=C(CC)COCC1CNCC(C)(C)O1. The topological polar surface area (TPSA) is 30.5 Å². The summed E-state index contributed by atoms with van der Waals surface area (Å²) in [6, 6.07) is 0. The Hall–Kier alpha value is -0.380. The van der Waals surface area contributed by atoms with Gasteiger partial charge in [0, 0.05) is 13.1 Å². The maximum absolute atomic E-state index is 5.87. The van der Waals surface area contributed by atoms with Gasteiger partial charge in [-0.3, -0.25) is 0 Å². The Bertz CT molecular complexity index is 214. The summed E-state index contributed by atoms with van der Waals surface area (Å²) in [6.45, 7) is 13.3. The van der Waals surface area contributed by atoms with Gasteiger partial charge in [0.15, 0.2) is 0 Å². The molecule has 1 heterocycles. The molecular weight excluding hydrogens is 190 g/mol. The Morgan fingerprint density at radius 2 is 2.33 bits per heavy atom. The van der Waals surface area contributed by atoms with Crippen LogP contribution in [0.1, 0.15) is 27.2 Å². The van der Waals surface area contributed by atoms with Crippen LogP contribution in [0, 0.1) is 0 Å². The van der Waals surface area contributed by atoms with Gasteiger partial charge in [-0.1, -0.05) is 19.1 Å². The third-order valence-electron chi connectivity index (χ3n) is 2.52. The smallest absolute Gasteiger partial charge is 0.0940 e. The summed E-state index contributed by atoms with van der Waals surface area (Å²) in [5, 5.41) is 3.35. The molecule has 3 heteroatoms. The van der Waals surface area contributed by atoms with Crippen molar-refractivity contribution in [2.45, 2.75) is 38.9 Å². The van der Waals surface area contributed by atoms with E-state index in [0.717, 1.165) is 25.1 Å². The summed E-state index contributed by atoms with van der Waals surface area (Å²) in [6.07, 6.45) is 1.15. The first-order valence-corrected chi connectivity index (χ1v) is 5.66. The lowest BCUT2D eigenvalue weighted by Crippen LogP contribution is -2.51. The van der Waals surface area contributed by atoms with Crippen LogP contribution in [-0.2, 0) is 9.47 Å². The summed E-state index contributed by atoms with van der Waals surface area (Å²) in [5.74, 6) is 0. The lowest BCUT2D eigenvalue weighted by atomic mass is 10.1. The minimum absolute atomic E-state index is 0.0754. The van der Waals surface area contributed by atoms with Crippen molar-refractivity contribution in [1.82, 2.24) is 5.32 Å². The van der Waals surface area contributed by atoms with Crippen LogP contribution < -0.4 is 5.32 Å². The van der Waals surface area contributed by atoms with Crippen LogP contribution >= 0.6 is 0 Å². The van der Waals surface area contributed by atoms with Crippen molar-refractivity contribution >= 4 is 0 Å². The zero-order valence-corrected chi connectivity index (χ0v) is 10.1. The number of hydrogen-bond acceptors (Lipinski definition) is 3. The summed E-state index contributed by atoms with van der Waals surface area (Å²) in [7, 11) is 0. The average molecular weight is 213 g/mol. The second-order valence-corrected chi connectivity index (χ2v) is 4.75. The zero-order chi connectivity index (χ0) is 11.3. The highest BCUT2D eigenvalue weighted by molar-refractivity contribution is 4.92. The lowest BCUT2D eigenvalue weighted by Gasteiger charge is -2.36. The van der Waals surface area contributed by atoms with Crippen molar-refractivity contribution in [3.05, 3.63) is 12.2 Å². The Morgan fingerprint density at radius 3 is 2.93 bits per heavy atom. The van der Waals surface area contributed by atoms with E-state index < -0.39 is 0 Å². The normalized spacial score (nSPS) is 25.1. The molecular formula is C12H23NO2. The number of hydrogen-bond donors (Lipinski definition) is 1. The molecule has 1 fully saturated rings. The molecule has 15 heavy (non-hydrogen) atoms. The highest BCUT2D eigenvalue weighted by atomic mass is 16.5. The fourth-order valence-electron chi connectivity index (χ4n) is 1.60. The van der Waals surface area contributed by atoms with Crippen molar-refractivity contribution in [3.8, 4) is 0 Å². The highest BCUT2D eigenvalue weighted by Gasteiger charge is 2.28. The summed E-state index contributed by atoms with van der Waals surface area (Å²) in [4.78, 5) is 0. The molecule has 1 N–H and O–H groups in total. The number of rotatable bonds is 5. The van der Waals surface area contributed by atoms with E-state index in [4.69, 9.17) is 9.47 Å². The van der Waals surface area contributed by atoms with Crippen LogP contribution in [0.5, 0.6) is 0 Å². The molecule has 1 atom stereocenters. The van der Waals surface area contributed by atoms with Gasteiger partial charge in [-0.2, -0.15) is 0 Å². The molecule has 0 amide bonds. The third kappa shape index (κ3) is 4.78. The van der Waals surface area contributed by atoms with Gasteiger partial charge in [0.25, 0.3) is 0 Å². The van der Waals surface area contributed by atoms with E-state index in [0.29, 0.717) is 13.2 Å². The Balaban J connectivity index is 2.18. The predicted molar refractivity (Wildman–Crippen MR) is 62.1 cm³/mol. The van der Waals surface area contributed by atoms with Crippen molar-refractivity contribution in [3.63, 3.8) is 0 Å². The van der Waals surface area contributed by atoms with Crippen LogP contribution in [0.15, 0.2) is 12.2 Å². The van der Waals surface area contributed by atoms with Gasteiger partial charge in [-0.15, -0.1) is 0 Å². The first kappa shape index (κ1) is 12.7. The van der Waals surface area contributed by atoms with Crippen LogP contribution in [-0.4, -0.2) is 38.0 Å². The maximum Gasteiger partial charge on any atom is 0.0940 e. The maximum atomic E-state index is 5.87. The van der Waals surface area contributed by atoms with Crippen molar-refractivity contribution in [2.24, 2.45) is 0 Å². The Kier molecular flexibility index (Phi) is 4.77. The standard InChI is InChI=1S/C12H23NO2/c1-5-10(2)7-14-8-11-6-13-9-12(3,4)15-11/h11,13H,2,5-9H2,1,3-4H3. The van der Waals surface area contributed by atoms with Crippen LogP contribution in [0.25, 0.3) is 0 Å². The van der Waals surface area contributed by atoms with Gasteiger partial charge < -0.3 is 14.8 Å². The largest absolute Gasteiger partial charge is 0.374 e. The van der Waals surface area contributed by atoms with E-state index in [1.807, 2.05) is 0 Å². The van der Waals surface area contributed by atoms with Gasteiger partial charge in [-0.25, -0.2) is 0 Å². The molecule has 1 aliphatic heterocycles. The number of ether oxygens (including phenoxy) is 2. The minimum Gasteiger partial charge on any atom is -0.374 e. The van der Waals surface area contributed by atoms with Crippen LogP contribution in [0.3, 0.4) is 0 Å². The van der Waals surface area contributed by atoms with E-state index in [9.17, 15) is 0 Å². The summed E-state index contributed by atoms with van der Waals surface area (Å²) < 4.78 is 11.4. The lowest BCUT2D eigenvalue weighted by molar-refractivity contribution is -0.118. The number of nitrogens with one attached hydrogen (secondary N) is 1. The van der Waals surface area contributed by atoms with Crippen molar-refractivity contribution in [1.29, 1.82) is 0 Å². The van der Waals surface area contributed by atoms with Gasteiger partial charge in [-0.05, 0) is 20.3 Å². The molecule has 88 valence electrons. The van der Waals surface area contributed by atoms with E-state index in [-0.39, 0.29) is 11.7 Å². The van der Waals surface area contributed by atoms with Crippen LogP contribution in [0.2, 0.25) is 0 Å². The van der Waals surface area contributed by atoms with Gasteiger partial charge in [0.1, 0.15) is 0 Å². The second-order valence-electron chi connectivity index (χ2n) is 4.75. The van der Waals surface area contributed by atoms with Crippen LogP contribution in [0.4, 0.5) is 0 Å². The van der Waals surface area contributed by atoms with E-state index in [1.165, 1.54) is 0 Å². The number of morpholine rings is 1. The molecule has 3 nitrogen and oxygen atoms in total. The molecule has 0 bridgehead atoms. The molecule has 0 aliphatic carbocycles. The van der Waals surface area contributed by atoms with Gasteiger partial charge >= 0.3 is 0 Å². The van der Waals surface area contributed by atoms with Gasteiger partial charge in [0.2, 0.25) is 0 Å². The third-order valence-corrected chi connectivity index (χ3v) is 2.52. The molecule has 1 unspecified atom stereocenters. The fourth-order valence-corrected chi connectivity index (χ4v) is 1.60. The minimum atomic E-state index is -0.0754. The molecule has 0 aromatic carbocycles. The van der Waals surface area contributed by atoms with E-state index in [1.54, 1.807) is 0 Å². The molecule has 0 aromatic heterocycles. The van der Waals surface area contributed by atoms with Crippen molar-refractivity contribution in [2.75, 3.05) is 26.3 Å². The Labute approximate surface area is 92.8 Å². The second kappa shape index (κ2) is 5.64. The van der Waals surface area contributed by atoms with E-state index >= 15 is 0 Å². The molecule has 1 rings (SSSR count). The zero-order valence-electron chi connectivity index (χ0n) is 10.1. The Morgan fingerprint density at radius 1 is 1.60 bits per heavy atom. The quantitative estimate of drug-likeness (QED) is 0.706.